The third-order valence-corrected chi connectivity index (χ3v) is 8.20. The number of fused-ring (bicyclic) bond motifs is 2. The summed E-state index contributed by atoms with van der Waals surface area (Å²) in [6.45, 7) is 1.32. The zero-order valence-electron chi connectivity index (χ0n) is 19.7. The first-order chi connectivity index (χ1) is 16.9. The molecule has 2 bridgehead atoms. The number of aromatic nitrogens is 1. The summed E-state index contributed by atoms with van der Waals surface area (Å²) in [6, 6.07) is 21.8. The summed E-state index contributed by atoms with van der Waals surface area (Å²) in [5.74, 6) is -0.146. The van der Waals surface area contributed by atoms with Crippen molar-refractivity contribution >= 4 is 21.3 Å². The Morgan fingerprint density at radius 2 is 1.80 bits per heavy atom. The lowest BCUT2D eigenvalue weighted by atomic mass is 9.88. The summed E-state index contributed by atoms with van der Waals surface area (Å²) in [5, 5.41) is 3.11. The molecule has 5 rings (SSSR count). The minimum absolute atomic E-state index is 0.146. The predicted octanol–water partition coefficient (Wildman–Crippen LogP) is 4.11. The highest BCUT2D eigenvalue weighted by atomic mass is 32.2. The van der Waals surface area contributed by atoms with Crippen molar-refractivity contribution in [3.05, 3.63) is 101 Å². The van der Waals surface area contributed by atoms with Gasteiger partial charge in [-0.1, -0.05) is 42.5 Å². The molecule has 35 heavy (non-hydrogen) atoms. The highest BCUT2D eigenvalue weighted by Gasteiger charge is 2.41. The Kier molecular flexibility index (Phi) is 6.54. The van der Waals surface area contributed by atoms with Crippen molar-refractivity contribution in [1.29, 1.82) is 0 Å². The average Bonchev–Trinajstić information content (AvgIpc) is 3.15. The van der Waals surface area contributed by atoms with Gasteiger partial charge in [0.05, 0.1) is 10.5 Å². The third kappa shape index (κ3) is 5.06. The van der Waals surface area contributed by atoms with Crippen LogP contribution < -0.4 is 5.32 Å². The first-order valence-electron chi connectivity index (χ1n) is 11.9. The van der Waals surface area contributed by atoms with Gasteiger partial charge in [-0.15, -0.1) is 0 Å². The lowest BCUT2D eigenvalue weighted by Crippen LogP contribution is -2.43. The molecule has 1 saturated heterocycles. The average molecular weight is 488 g/mol. The van der Waals surface area contributed by atoms with Crippen molar-refractivity contribution in [2.24, 2.45) is 0 Å². The second kappa shape index (κ2) is 9.76. The van der Waals surface area contributed by atoms with Gasteiger partial charge in [-0.05, 0) is 65.8 Å². The molecule has 3 heterocycles. The van der Waals surface area contributed by atoms with Crippen molar-refractivity contribution in [2.45, 2.75) is 42.8 Å². The number of nitrogens with zero attached hydrogens (tertiary/aromatic N) is 2. The number of hydrogen-bond acceptors (Lipinski definition) is 5. The van der Waals surface area contributed by atoms with Gasteiger partial charge in [-0.3, -0.25) is 14.7 Å². The molecule has 1 N–H and O–H groups in total. The zero-order valence-corrected chi connectivity index (χ0v) is 20.5. The van der Waals surface area contributed by atoms with E-state index < -0.39 is 9.84 Å². The standard InChI is InChI=1S/C28H29N3O3S/c1-35(33,34)24-12-9-21(10-13-24)25-16-23-11-14-27(31(23)19-20-6-3-2-4-7-20)26(25)18-30-28(32)22-8-5-15-29-17-22/h2-10,12-13,15,17,23,27H,11,14,16,18-19H2,1H3,(H,30,32)/t23-,27+/m0/s1. The van der Waals surface area contributed by atoms with Crippen LogP contribution in [0.3, 0.4) is 0 Å². The second-order valence-corrected chi connectivity index (χ2v) is 11.3. The van der Waals surface area contributed by atoms with E-state index in [1.165, 1.54) is 23.0 Å². The SMILES string of the molecule is CS(=O)(=O)c1ccc(C2=C(CNC(=O)c3cccnc3)[C@H]3CC[C@@H](C2)N3Cc2ccccc2)cc1. The van der Waals surface area contributed by atoms with Gasteiger partial charge in [0.15, 0.2) is 9.84 Å². The van der Waals surface area contributed by atoms with Crippen LogP contribution in [0.5, 0.6) is 0 Å². The number of carbonyl (C=O) groups excluding carboxylic acids is 1. The van der Waals surface area contributed by atoms with Crippen LogP contribution in [-0.2, 0) is 16.4 Å². The summed E-state index contributed by atoms with van der Waals surface area (Å²) in [7, 11) is -3.26. The van der Waals surface area contributed by atoms with Gasteiger partial charge in [0.2, 0.25) is 0 Å². The van der Waals surface area contributed by atoms with E-state index in [4.69, 9.17) is 0 Å². The van der Waals surface area contributed by atoms with Gasteiger partial charge in [0.1, 0.15) is 0 Å². The minimum atomic E-state index is -3.26. The van der Waals surface area contributed by atoms with E-state index in [-0.39, 0.29) is 11.9 Å². The number of nitrogens with one attached hydrogen (secondary N) is 1. The van der Waals surface area contributed by atoms with E-state index >= 15 is 0 Å². The van der Waals surface area contributed by atoms with Gasteiger partial charge < -0.3 is 5.32 Å². The largest absolute Gasteiger partial charge is 0.348 e. The zero-order chi connectivity index (χ0) is 24.4. The molecule has 0 saturated carbocycles. The number of sulfone groups is 1. The highest BCUT2D eigenvalue weighted by Crippen LogP contribution is 2.43. The van der Waals surface area contributed by atoms with Crippen molar-refractivity contribution in [2.75, 3.05) is 12.8 Å². The predicted molar refractivity (Wildman–Crippen MR) is 136 cm³/mol. The maximum Gasteiger partial charge on any atom is 0.253 e. The van der Waals surface area contributed by atoms with Crippen molar-refractivity contribution < 1.29 is 13.2 Å². The molecule has 0 aliphatic carbocycles. The third-order valence-electron chi connectivity index (χ3n) is 7.07. The Labute approximate surface area is 206 Å². The Balaban J connectivity index is 1.47. The number of pyridine rings is 1. The van der Waals surface area contributed by atoms with Gasteiger partial charge in [0.25, 0.3) is 5.91 Å². The Morgan fingerprint density at radius 3 is 2.49 bits per heavy atom. The van der Waals surface area contributed by atoms with Crippen LogP contribution in [-0.4, -0.2) is 49.1 Å². The minimum Gasteiger partial charge on any atom is -0.348 e. The molecule has 0 radical (unpaired) electrons. The molecular weight excluding hydrogens is 458 g/mol. The van der Waals surface area contributed by atoms with Crippen LogP contribution in [0.1, 0.15) is 40.7 Å². The van der Waals surface area contributed by atoms with Gasteiger partial charge in [0, 0.05) is 43.8 Å². The summed E-state index contributed by atoms with van der Waals surface area (Å²) in [4.78, 5) is 19.7. The van der Waals surface area contributed by atoms with E-state index in [1.54, 1.807) is 36.7 Å². The van der Waals surface area contributed by atoms with Crippen LogP contribution in [0.25, 0.3) is 5.57 Å². The molecule has 2 aliphatic heterocycles. The van der Waals surface area contributed by atoms with Crippen LogP contribution >= 0.6 is 0 Å². The summed E-state index contributed by atoms with van der Waals surface area (Å²) in [6.07, 6.45) is 7.47. The van der Waals surface area contributed by atoms with Crippen molar-refractivity contribution in [1.82, 2.24) is 15.2 Å². The fourth-order valence-electron chi connectivity index (χ4n) is 5.34. The molecule has 180 valence electrons. The maximum absolute atomic E-state index is 12.8. The molecular formula is C28H29N3O3S. The molecule has 1 aromatic heterocycles. The Morgan fingerprint density at radius 1 is 1.03 bits per heavy atom. The highest BCUT2D eigenvalue weighted by molar-refractivity contribution is 7.90. The monoisotopic (exact) mass is 487 g/mol. The van der Waals surface area contributed by atoms with Gasteiger partial charge in [-0.25, -0.2) is 8.42 Å². The molecule has 0 spiro atoms. The van der Waals surface area contributed by atoms with E-state index in [0.29, 0.717) is 23.0 Å². The summed E-state index contributed by atoms with van der Waals surface area (Å²) in [5.41, 5.74) is 5.27. The number of carbonyl (C=O) groups is 1. The second-order valence-electron chi connectivity index (χ2n) is 9.33. The molecule has 2 aliphatic rings. The number of rotatable bonds is 7. The molecule has 2 atom stereocenters. The number of amides is 1. The van der Waals surface area contributed by atoms with E-state index in [9.17, 15) is 13.2 Å². The van der Waals surface area contributed by atoms with E-state index in [0.717, 1.165) is 31.4 Å². The molecule has 1 fully saturated rings. The molecule has 3 aromatic rings. The first-order valence-corrected chi connectivity index (χ1v) is 13.8. The fourth-order valence-corrected chi connectivity index (χ4v) is 5.97. The molecule has 1 amide bonds. The van der Waals surface area contributed by atoms with E-state index in [2.05, 4.69) is 39.5 Å². The molecule has 7 heteroatoms. The fraction of sp³-hybridized carbons (Fsp3) is 0.286. The number of hydrogen-bond donors (Lipinski definition) is 1. The normalized spacial score (nSPS) is 20.1. The quantitative estimate of drug-likeness (QED) is 0.543. The van der Waals surface area contributed by atoms with Crippen molar-refractivity contribution in [3.8, 4) is 0 Å². The summed E-state index contributed by atoms with van der Waals surface area (Å²) < 4.78 is 23.9. The van der Waals surface area contributed by atoms with Crippen LogP contribution in [0.2, 0.25) is 0 Å². The Hall–Kier alpha value is -3.29. The van der Waals surface area contributed by atoms with Crippen LogP contribution in [0, 0.1) is 0 Å². The van der Waals surface area contributed by atoms with E-state index in [1.807, 2.05) is 18.2 Å². The lowest BCUT2D eigenvalue weighted by Gasteiger charge is -2.38. The van der Waals surface area contributed by atoms with Gasteiger partial charge in [-0.2, -0.15) is 0 Å². The molecule has 2 aromatic carbocycles. The lowest BCUT2D eigenvalue weighted by molar-refractivity contribution is 0.0954. The Bertz CT molecular complexity index is 1340. The number of benzene rings is 2. The van der Waals surface area contributed by atoms with Crippen molar-refractivity contribution in [3.63, 3.8) is 0 Å². The molecule has 6 nitrogen and oxygen atoms in total. The smallest absolute Gasteiger partial charge is 0.253 e. The summed E-state index contributed by atoms with van der Waals surface area (Å²) >= 11 is 0. The van der Waals surface area contributed by atoms with Crippen LogP contribution in [0.15, 0.2) is 89.6 Å². The topological polar surface area (TPSA) is 79.4 Å². The molecule has 0 unspecified atom stereocenters. The van der Waals surface area contributed by atoms with Gasteiger partial charge >= 0.3 is 0 Å². The van der Waals surface area contributed by atoms with Crippen LogP contribution in [0.4, 0.5) is 0 Å². The maximum atomic E-state index is 12.8. The first kappa shape index (κ1) is 23.5.